The van der Waals surface area contributed by atoms with Crippen LogP contribution in [0.1, 0.15) is 22.7 Å². The van der Waals surface area contributed by atoms with Gasteiger partial charge in [0.1, 0.15) is 5.82 Å². The number of likely N-dealkylation sites (N-methyl/N-ethyl adjacent to an activating group) is 1. The fourth-order valence-corrected chi connectivity index (χ4v) is 3.08. The van der Waals surface area contributed by atoms with Gasteiger partial charge in [-0.1, -0.05) is 36.4 Å². The first kappa shape index (κ1) is 16.5. The van der Waals surface area contributed by atoms with Gasteiger partial charge in [-0.15, -0.1) is 0 Å². The van der Waals surface area contributed by atoms with Gasteiger partial charge in [-0.2, -0.15) is 0 Å². The van der Waals surface area contributed by atoms with Crippen molar-refractivity contribution in [3.63, 3.8) is 0 Å². The zero-order chi connectivity index (χ0) is 17.1. The molecule has 1 atom stereocenters. The van der Waals surface area contributed by atoms with Crippen molar-refractivity contribution in [2.24, 2.45) is 0 Å². The second-order valence-electron chi connectivity index (χ2n) is 6.35. The molecule has 1 heterocycles. The quantitative estimate of drug-likeness (QED) is 0.936. The highest BCUT2D eigenvalue weighted by molar-refractivity contribution is 5.75. The zero-order valence-corrected chi connectivity index (χ0v) is 14.0. The monoisotopic (exact) mass is 327 g/mol. The van der Waals surface area contributed by atoms with Crippen LogP contribution in [0.25, 0.3) is 0 Å². The normalized spacial score (nSPS) is 14.6. The smallest absolute Gasteiger partial charge is 0.318 e. The standard InChI is InChI=1S/C19H22FN3O/c1-22(2)18(14-6-4-3-5-7-14)11-21-19(24)23-12-15-8-9-17(20)10-16(15)13-23/h3-10,18H,11-13H2,1-2H3,(H,21,24). The third kappa shape index (κ3) is 3.57. The number of fused-ring (bicyclic) bond motifs is 1. The van der Waals surface area contributed by atoms with Crippen molar-refractivity contribution in [2.75, 3.05) is 20.6 Å². The minimum absolute atomic E-state index is 0.109. The fraction of sp³-hybridized carbons (Fsp3) is 0.316. The molecule has 3 rings (SSSR count). The molecule has 0 aliphatic carbocycles. The number of hydrogen-bond donors (Lipinski definition) is 1. The van der Waals surface area contributed by atoms with Gasteiger partial charge in [0.2, 0.25) is 0 Å². The Morgan fingerprint density at radius 2 is 1.88 bits per heavy atom. The molecule has 24 heavy (non-hydrogen) atoms. The van der Waals surface area contributed by atoms with Crippen molar-refractivity contribution in [3.8, 4) is 0 Å². The van der Waals surface area contributed by atoms with Gasteiger partial charge < -0.3 is 15.1 Å². The van der Waals surface area contributed by atoms with Crippen molar-refractivity contribution in [2.45, 2.75) is 19.1 Å². The maximum atomic E-state index is 13.3. The maximum Gasteiger partial charge on any atom is 0.318 e. The van der Waals surface area contributed by atoms with Gasteiger partial charge in [-0.05, 0) is 42.9 Å². The molecular weight excluding hydrogens is 305 g/mol. The van der Waals surface area contributed by atoms with E-state index in [1.54, 1.807) is 11.0 Å². The zero-order valence-electron chi connectivity index (χ0n) is 14.0. The number of urea groups is 1. The molecule has 1 aliphatic heterocycles. The van der Waals surface area contributed by atoms with Crippen LogP contribution in [0.4, 0.5) is 9.18 Å². The van der Waals surface area contributed by atoms with E-state index in [-0.39, 0.29) is 17.9 Å². The molecule has 0 bridgehead atoms. The van der Waals surface area contributed by atoms with Gasteiger partial charge in [0.25, 0.3) is 0 Å². The third-order valence-electron chi connectivity index (χ3n) is 4.43. The van der Waals surface area contributed by atoms with Gasteiger partial charge in [0.15, 0.2) is 0 Å². The lowest BCUT2D eigenvalue weighted by Gasteiger charge is -2.26. The molecule has 1 aliphatic rings. The maximum absolute atomic E-state index is 13.3. The Morgan fingerprint density at radius 1 is 1.17 bits per heavy atom. The molecule has 0 fully saturated rings. The summed E-state index contributed by atoms with van der Waals surface area (Å²) in [5.41, 5.74) is 3.06. The summed E-state index contributed by atoms with van der Waals surface area (Å²) >= 11 is 0. The molecule has 0 saturated carbocycles. The molecule has 0 saturated heterocycles. The van der Waals surface area contributed by atoms with E-state index in [9.17, 15) is 9.18 Å². The number of nitrogens with one attached hydrogen (secondary N) is 1. The van der Waals surface area contributed by atoms with Crippen LogP contribution >= 0.6 is 0 Å². The first-order chi connectivity index (χ1) is 11.5. The van der Waals surface area contributed by atoms with Crippen LogP contribution < -0.4 is 5.32 Å². The molecule has 1 unspecified atom stereocenters. The van der Waals surface area contributed by atoms with Crippen LogP contribution in [0.15, 0.2) is 48.5 Å². The number of benzene rings is 2. The van der Waals surface area contributed by atoms with Crippen LogP contribution in [0.2, 0.25) is 0 Å². The van der Waals surface area contributed by atoms with Gasteiger partial charge in [0, 0.05) is 19.6 Å². The second-order valence-corrected chi connectivity index (χ2v) is 6.35. The summed E-state index contributed by atoms with van der Waals surface area (Å²) in [4.78, 5) is 16.3. The Balaban J connectivity index is 1.61. The van der Waals surface area contributed by atoms with E-state index in [4.69, 9.17) is 0 Å². The first-order valence-electron chi connectivity index (χ1n) is 8.06. The van der Waals surface area contributed by atoms with Crippen LogP contribution in [0, 0.1) is 5.82 Å². The minimum atomic E-state index is -0.257. The summed E-state index contributed by atoms with van der Waals surface area (Å²) in [6, 6.07) is 14.8. The van der Waals surface area contributed by atoms with E-state index in [2.05, 4.69) is 22.3 Å². The molecule has 0 aromatic heterocycles. The predicted octanol–water partition coefficient (Wildman–Crippen LogP) is 3.15. The van der Waals surface area contributed by atoms with E-state index in [1.807, 2.05) is 32.3 Å². The predicted molar refractivity (Wildman–Crippen MR) is 91.9 cm³/mol. The van der Waals surface area contributed by atoms with E-state index in [0.29, 0.717) is 19.6 Å². The van der Waals surface area contributed by atoms with E-state index in [0.717, 1.165) is 16.7 Å². The average Bonchev–Trinajstić information content (AvgIpc) is 2.98. The topological polar surface area (TPSA) is 35.6 Å². The summed E-state index contributed by atoms with van der Waals surface area (Å²) in [6.07, 6.45) is 0. The van der Waals surface area contributed by atoms with Crippen molar-refractivity contribution < 1.29 is 9.18 Å². The fourth-order valence-electron chi connectivity index (χ4n) is 3.08. The Morgan fingerprint density at radius 3 is 2.58 bits per heavy atom. The lowest BCUT2D eigenvalue weighted by Crippen LogP contribution is -2.41. The third-order valence-corrected chi connectivity index (χ3v) is 4.43. The summed E-state index contributed by atoms with van der Waals surface area (Å²) in [5.74, 6) is -0.257. The number of carbonyl (C=O) groups excluding carboxylic acids is 1. The molecule has 2 amide bonds. The van der Waals surface area contributed by atoms with E-state index >= 15 is 0 Å². The number of amides is 2. The highest BCUT2D eigenvalue weighted by Gasteiger charge is 2.24. The first-order valence-corrected chi connectivity index (χ1v) is 8.06. The summed E-state index contributed by atoms with van der Waals surface area (Å²) in [5, 5.41) is 3.01. The number of rotatable bonds is 4. The van der Waals surface area contributed by atoms with Crippen molar-refractivity contribution in [3.05, 3.63) is 71.0 Å². The average molecular weight is 327 g/mol. The lowest BCUT2D eigenvalue weighted by atomic mass is 10.1. The summed E-state index contributed by atoms with van der Waals surface area (Å²) < 4.78 is 13.3. The number of carbonyl (C=O) groups is 1. The Labute approximate surface area is 141 Å². The van der Waals surface area contributed by atoms with E-state index < -0.39 is 0 Å². The lowest BCUT2D eigenvalue weighted by molar-refractivity contribution is 0.193. The Hall–Kier alpha value is -2.40. The summed E-state index contributed by atoms with van der Waals surface area (Å²) in [7, 11) is 4.00. The van der Waals surface area contributed by atoms with Gasteiger partial charge in [-0.25, -0.2) is 9.18 Å². The van der Waals surface area contributed by atoms with Crippen molar-refractivity contribution in [1.82, 2.24) is 15.1 Å². The molecule has 2 aromatic rings. The van der Waals surface area contributed by atoms with Gasteiger partial charge in [0.05, 0.1) is 6.04 Å². The van der Waals surface area contributed by atoms with Crippen LogP contribution in [0.3, 0.4) is 0 Å². The molecule has 0 radical (unpaired) electrons. The van der Waals surface area contributed by atoms with Gasteiger partial charge in [-0.3, -0.25) is 0 Å². The largest absolute Gasteiger partial charge is 0.336 e. The van der Waals surface area contributed by atoms with Crippen LogP contribution in [-0.4, -0.2) is 36.5 Å². The molecule has 126 valence electrons. The molecule has 5 heteroatoms. The Bertz CT molecular complexity index is 718. The number of hydrogen-bond acceptors (Lipinski definition) is 2. The highest BCUT2D eigenvalue weighted by atomic mass is 19.1. The molecule has 2 aromatic carbocycles. The van der Waals surface area contributed by atoms with Crippen molar-refractivity contribution >= 4 is 6.03 Å². The number of nitrogens with zero attached hydrogens (tertiary/aromatic N) is 2. The molecular formula is C19H22FN3O. The molecule has 0 spiro atoms. The Kier molecular flexibility index (Phi) is 4.81. The highest BCUT2D eigenvalue weighted by Crippen LogP contribution is 2.23. The van der Waals surface area contributed by atoms with E-state index in [1.165, 1.54) is 12.1 Å². The van der Waals surface area contributed by atoms with Crippen LogP contribution in [0.5, 0.6) is 0 Å². The molecule has 1 N–H and O–H groups in total. The SMILES string of the molecule is CN(C)C(CNC(=O)N1Cc2ccc(F)cc2C1)c1ccccc1. The van der Waals surface area contributed by atoms with Crippen LogP contribution in [-0.2, 0) is 13.1 Å². The second kappa shape index (κ2) is 7.01. The minimum Gasteiger partial charge on any atom is -0.336 e. The van der Waals surface area contributed by atoms with Crippen molar-refractivity contribution in [1.29, 1.82) is 0 Å². The summed E-state index contributed by atoms with van der Waals surface area (Å²) in [6.45, 7) is 1.51. The molecule has 4 nitrogen and oxygen atoms in total. The van der Waals surface area contributed by atoms with Gasteiger partial charge >= 0.3 is 6.03 Å². The number of halogens is 1.